The summed E-state index contributed by atoms with van der Waals surface area (Å²) >= 11 is 0. The normalized spacial score (nSPS) is 22.3. The number of fused-ring (bicyclic) bond motifs is 1. The van der Waals surface area contributed by atoms with Crippen molar-refractivity contribution in [3.05, 3.63) is 41.5 Å². The van der Waals surface area contributed by atoms with E-state index < -0.39 is 0 Å². The maximum Gasteiger partial charge on any atom is 0.254 e. The second-order valence-electron chi connectivity index (χ2n) is 6.10. The lowest BCUT2D eigenvalue weighted by Gasteiger charge is -2.24. The highest BCUT2D eigenvalue weighted by molar-refractivity contribution is 6.13. The van der Waals surface area contributed by atoms with E-state index in [0.717, 1.165) is 29.7 Å². The van der Waals surface area contributed by atoms with Gasteiger partial charge in [-0.3, -0.25) is 14.5 Å². The summed E-state index contributed by atoms with van der Waals surface area (Å²) in [5.41, 5.74) is 1.94. The Kier molecular flexibility index (Phi) is 5.00. The Bertz CT molecular complexity index is 649. The van der Waals surface area contributed by atoms with E-state index in [9.17, 15) is 9.59 Å². The molecule has 128 valence electrons. The predicted molar refractivity (Wildman–Crippen MR) is 89.6 cm³/mol. The van der Waals surface area contributed by atoms with Crippen LogP contribution in [0, 0.1) is 0 Å². The second kappa shape index (κ2) is 7.18. The molecule has 5 nitrogen and oxygen atoms in total. The molecule has 1 aromatic rings. The highest BCUT2D eigenvalue weighted by Crippen LogP contribution is 2.49. The lowest BCUT2D eigenvalue weighted by Crippen LogP contribution is -2.33. The fourth-order valence-corrected chi connectivity index (χ4v) is 3.36. The molecule has 2 aliphatic rings. The molecule has 0 saturated carbocycles. The molecule has 0 saturated heterocycles. The van der Waals surface area contributed by atoms with Crippen LogP contribution in [0.5, 0.6) is 5.75 Å². The molecular formula is C19H23NO4. The minimum Gasteiger partial charge on any atom is -0.493 e. The van der Waals surface area contributed by atoms with E-state index in [4.69, 9.17) is 9.47 Å². The summed E-state index contributed by atoms with van der Waals surface area (Å²) in [4.78, 5) is 25.7. The van der Waals surface area contributed by atoms with Crippen LogP contribution in [0.4, 0.5) is 0 Å². The third-order valence-electron chi connectivity index (χ3n) is 4.36. The summed E-state index contributed by atoms with van der Waals surface area (Å²) in [6.45, 7) is 5.36. The first-order valence-corrected chi connectivity index (χ1v) is 8.59. The topological polar surface area (TPSA) is 55.8 Å². The third kappa shape index (κ3) is 2.96. The van der Waals surface area contributed by atoms with Gasteiger partial charge in [0.05, 0.1) is 18.8 Å². The molecule has 0 radical (unpaired) electrons. The van der Waals surface area contributed by atoms with Gasteiger partial charge in [0, 0.05) is 30.7 Å². The lowest BCUT2D eigenvalue weighted by molar-refractivity contribution is -0.140. The maximum atomic E-state index is 12.2. The summed E-state index contributed by atoms with van der Waals surface area (Å²) in [5, 5.41) is 0. The number of nitrogens with zero attached hydrogens (tertiary/aromatic N) is 1. The Morgan fingerprint density at radius 3 is 2.46 bits per heavy atom. The van der Waals surface area contributed by atoms with Gasteiger partial charge in [-0.05, 0) is 24.5 Å². The monoisotopic (exact) mass is 329 g/mol. The van der Waals surface area contributed by atoms with Crippen molar-refractivity contribution in [1.29, 1.82) is 0 Å². The van der Waals surface area contributed by atoms with Gasteiger partial charge < -0.3 is 9.47 Å². The zero-order valence-corrected chi connectivity index (χ0v) is 14.2. The molecule has 24 heavy (non-hydrogen) atoms. The van der Waals surface area contributed by atoms with Gasteiger partial charge in [-0.25, -0.2) is 0 Å². The van der Waals surface area contributed by atoms with Crippen molar-refractivity contribution in [2.24, 2.45) is 0 Å². The SMILES string of the molecule is CCCOc1cccc2c1[C@@H](N1C(=O)C=CC1=O)C[C@@H]2OCCC. The summed E-state index contributed by atoms with van der Waals surface area (Å²) in [7, 11) is 0. The molecule has 1 aliphatic carbocycles. The molecular weight excluding hydrogens is 306 g/mol. The second-order valence-corrected chi connectivity index (χ2v) is 6.10. The van der Waals surface area contributed by atoms with Crippen LogP contribution in [-0.2, 0) is 14.3 Å². The highest BCUT2D eigenvalue weighted by atomic mass is 16.5. The fraction of sp³-hybridized carbons (Fsp3) is 0.474. The van der Waals surface area contributed by atoms with Crippen LogP contribution in [0.2, 0.25) is 0 Å². The summed E-state index contributed by atoms with van der Waals surface area (Å²) in [6.07, 6.45) is 4.95. The van der Waals surface area contributed by atoms with Crippen molar-refractivity contribution in [2.45, 2.75) is 45.3 Å². The number of carbonyl (C=O) groups excluding carboxylic acids is 2. The molecule has 1 aliphatic heterocycles. The van der Waals surface area contributed by atoms with Gasteiger partial charge in [0.15, 0.2) is 0 Å². The van der Waals surface area contributed by atoms with E-state index in [-0.39, 0.29) is 24.0 Å². The van der Waals surface area contributed by atoms with Gasteiger partial charge in [0.1, 0.15) is 5.75 Å². The summed E-state index contributed by atoms with van der Waals surface area (Å²) in [6, 6.07) is 5.53. The molecule has 0 bridgehead atoms. The van der Waals surface area contributed by atoms with Crippen molar-refractivity contribution < 1.29 is 19.1 Å². The average Bonchev–Trinajstić information content (AvgIpc) is 3.11. The highest BCUT2D eigenvalue weighted by Gasteiger charge is 2.42. The van der Waals surface area contributed by atoms with Crippen molar-refractivity contribution in [3.63, 3.8) is 0 Å². The molecule has 0 N–H and O–H groups in total. The Balaban J connectivity index is 1.98. The molecule has 2 atom stereocenters. The largest absolute Gasteiger partial charge is 0.493 e. The number of carbonyl (C=O) groups is 2. The Morgan fingerprint density at radius 2 is 1.79 bits per heavy atom. The molecule has 3 rings (SSSR count). The number of benzene rings is 1. The van der Waals surface area contributed by atoms with Crippen molar-refractivity contribution >= 4 is 11.8 Å². The first-order valence-electron chi connectivity index (χ1n) is 8.59. The van der Waals surface area contributed by atoms with Crippen LogP contribution in [0.25, 0.3) is 0 Å². The number of rotatable bonds is 7. The molecule has 0 unspecified atom stereocenters. The van der Waals surface area contributed by atoms with Gasteiger partial charge in [-0.15, -0.1) is 0 Å². The number of hydrogen-bond acceptors (Lipinski definition) is 4. The van der Waals surface area contributed by atoms with Crippen LogP contribution in [0.15, 0.2) is 30.4 Å². The van der Waals surface area contributed by atoms with Gasteiger partial charge in [0.2, 0.25) is 0 Å². The number of imide groups is 1. The van der Waals surface area contributed by atoms with Crippen LogP contribution in [0.1, 0.15) is 56.4 Å². The third-order valence-corrected chi connectivity index (χ3v) is 4.36. The minimum absolute atomic E-state index is 0.115. The van der Waals surface area contributed by atoms with E-state index in [1.165, 1.54) is 17.1 Å². The van der Waals surface area contributed by atoms with Crippen LogP contribution >= 0.6 is 0 Å². The number of amides is 2. The van der Waals surface area contributed by atoms with Crippen LogP contribution in [-0.4, -0.2) is 29.9 Å². The van der Waals surface area contributed by atoms with Crippen molar-refractivity contribution in [2.75, 3.05) is 13.2 Å². The van der Waals surface area contributed by atoms with Gasteiger partial charge in [-0.2, -0.15) is 0 Å². The number of ether oxygens (including phenoxy) is 2. The predicted octanol–water partition coefficient (Wildman–Crippen LogP) is 3.31. The lowest BCUT2D eigenvalue weighted by atomic mass is 10.1. The average molecular weight is 329 g/mol. The first-order chi connectivity index (χ1) is 11.7. The Hall–Kier alpha value is -2.14. The minimum atomic E-state index is -0.329. The van der Waals surface area contributed by atoms with Gasteiger partial charge in [-0.1, -0.05) is 26.0 Å². The first kappa shape index (κ1) is 16.7. The zero-order valence-electron chi connectivity index (χ0n) is 14.2. The fourth-order valence-electron chi connectivity index (χ4n) is 3.36. The molecule has 0 aromatic heterocycles. The van der Waals surface area contributed by atoms with Crippen molar-refractivity contribution in [3.8, 4) is 5.75 Å². The van der Waals surface area contributed by atoms with E-state index in [0.29, 0.717) is 19.6 Å². The Morgan fingerprint density at radius 1 is 1.08 bits per heavy atom. The molecule has 0 fully saturated rings. The Labute approximate surface area is 142 Å². The van der Waals surface area contributed by atoms with Gasteiger partial charge in [0.25, 0.3) is 11.8 Å². The zero-order chi connectivity index (χ0) is 17.1. The van der Waals surface area contributed by atoms with Gasteiger partial charge >= 0.3 is 0 Å². The molecule has 1 heterocycles. The smallest absolute Gasteiger partial charge is 0.254 e. The summed E-state index contributed by atoms with van der Waals surface area (Å²) in [5.74, 6) is 0.212. The molecule has 5 heteroatoms. The molecule has 2 amide bonds. The van der Waals surface area contributed by atoms with Crippen LogP contribution in [0.3, 0.4) is 0 Å². The van der Waals surface area contributed by atoms with E-state index in [1.807, 2.05) is 25.1 Å². The van der Waals surface area contributed by atoms with Crippen molar-refractivity contribution in [1.82, 2.24) is 4.90 Å². The standard InChI is InChI=1S/C19H23NO4/c1-3-10-23-15-7-5-6-13-16(24-11-4-2)12-14(19(13)15)20-17(21)8-9-18(20)22/h5-9,14,16H,3-4,10-12H2,1-2H3/t14-,16-/m0/s1. The molecule has 0 spiro atoms. The van der Waals surface area contributed by atoms with E-state index in [1.54, 1.807) is 0 Å². The van der Waals surface area contributed by atoms with E-state index in [2.05, 4.69) is 6.92 Å². The molecule has 1 aromatic carbocycles. The summed E-state index contributed by atoms with van der Waals surface area (Å²) < 4.78 is 11.9. The van der Waals surface area contributed by atoms with E-state index >= 15 is 0 Å². The maximum absolute atomic E-state index is 12.2. The van der Waals surface area contributed by atoms with Crippen LogP contribution < -0.4 is 4.74 Å². The quantitative estimate of drug-likeness (QED) is 0.720. The number of hydrogen-bond donors (Lipinski definition) is 0.